The van der Waals surface area contributed by atoms with Crippen LogP contribution in [0.1, 0.15) is 40.5 Å². The van der Waals surface area contributed by atoms with E-state index in [4.69, 9.17) is 5.73 Å². The Bertz CT molecular complexity index is 340. The van der Waals surface area contributed by atoms with Crippen LogP contribution < -0.4 is 11.1 Å². The van der Waals surface area contributed by atoms with Crippen molar-refractivity contribution in [3.63, 3.8) is 0 Å². The molecule has 0 aromatic rings. The third-order valence-corrected chi connectivity index (χ3v) is 4.18. The molecule has 0 aromatic carbocycles. The van der Waals surface area contributed by atoms with Crippen LogP contribution in [0.3, 0.4) is 0 Å². The van der Waals surface area contributed by atoms with Crippen LogP contribution in [0.25, 0.3) is 0 Å². The second kappa shape index (κ2) is 6.35. The average Bonchev–Trinajstić information content (AvgIpc) is 2.08. The lowest BCUT2D eigenvalue weighted by Crippen LogP contribution is -2.44. The molecule has 0 aliphatic heterocycles. The zero-order chi connectivity index (χ0) is 13.7. The number of carbonyl (C=O) groups is 1. The van der Waals surface area contributed by atoms with E-state index in [9.17, 15) is 13.2 Å². The predicted molar refractivity (Wildman–Crippen MR) is 69.4 cm³/mol. The van der Waals surface area contributed by atoms with Gasteiger partial charge in [0.15, 0.2) is 9.84 Å². The fraction of sp³-hybridized carbons (Fsp3) is 0.909. The van der Waals surface area contributed by atoms with Crippen LogP contribution in [0.2, 0.25) is 0 Å². The first-order chi connectivity index (χ1) is 7.59. The van der Waals surface area contributed by atoms with Crippen molar-refractivity contribution in [1.82, 2.24) is 5.32 Å². The molecule has 0 rings (SSSR count). The Hall–Kier alpha value is -0.620. The minimum atomic E-state index is -3.44. The summed E-state index contributed by atoms with van der Waals surface area (Å²) in [7, 11) is -3.44. The van der Waals surface area contributed by atoms with E-state index >= 15 is 0 Å². The van der Waals surface area contributed by atoms with Crippen LogP contribution >= 0.6 is 0 Å². The van der Waals surface area contributed by atoms with E-state index in [0.717, 1.165) is 12.8 Å². The summed E-state index contributed by atoms with van der Waals surface area (Å²) in [6.45, 7) is 7.16. The zero-order valence-corrected chi connectivity index (χ0v) is 11.9. The Morgan fingerprint density at radius 1 is 1.29 bits per heavy atom. The molecule has 0 fully saturated rings. The molecular formula is C11H24N2O3S. The van der Waals surface area contributed by atoms with E-state index in [1.54, 1.807) is 13.8 Å². The van der Waals surface area contributed by atoms with Crippen LogP contribution in [0.15, 0.2) is 0 Å². The second-order valence-electron chi connectivity index (χ2n) is 5.10. The molecular weight excluding hydrogens is 240 g/mol. The standard InChI is InChI=1S/C11H24N2O3S/c1-5-9(6-2)13-10(14)7-17(15,16)8-11(3,4)12/h9H,5-8,12H2,1-4H3,(H,13,14). The van der Waals surface area contributed by atoms with Gasteiger partial charge >= 0.3 is 0 Å². The van der Waals surface area contributed by atoms with Gasteiger partial charge in [0.25, 0.3) is 0 Å². The molecule has 0 heterocycles. The molecule has 0 unspecified atom stereocenters. The molecule has 0 aromatic heterocycles. The Balaban J connectivity index is 4.38. The third-order valence-electron chi connectivity index (χ3n) is 2.29. The van der Waals surface area contributed by atoms with Gasteiger partial charge in [-0.1, -0.05) is 13.8 Å². The molecule has 5 nitrogen and oxygen atoms in total. The van der Waals surface area contributed by atoms with Crippen molar-refractivity contribution >= 4 is 15.7 Å². The lowest BCUT2D eigenvalue weighted by atomic mass is 10.1. The van der Waals surface area contributed by atoms with Crippen LogP contribution in [-0.2, 0) is 14.6 Å². The highest BCUT2D eigenvalue weighted by Crippen LogP contribution is 2.04. The number of hydrogen-bond donors (Lipinski definition) is 2. The maximum absolute atomic E-state index is 11.7. The Morgan fingerprint density at radius 2 is 1.76 bits per heavy atom. The van der Waals surface area contributed by atoms with Crippen molar-refractivity contribution in [3.8, 4) is 0 Å². The van der Waals surface area contributed by atoms with E-state index in [2.05, 4.69) is 5.32 Å². The van der Waals surface area contributed by atoms with E-state index in [-0.39, 0.29) is 11.8 Å². The van der Waals surface area contributed by atoms with Gasteiger partial charge in [-0.15, -0.1) is 0 Å². The summed E-state index contributed by atoms with van der Waals surface area (Å²) in [5.74, 6) is -1.11. The number of nitrogens with two attached hydrogens (primary N) is 1. The Morgan fingerprint density at radius 3 is 2.12 bits per heavy atom. The van der Waals surface area contributed by atoms with Gasteiger partial charge in [0.1, 0.15) is 5.75 Å². The van der Waals surface area contributed by atoms with Crippen LogP contribution in [0.5, 0.6) is 0 Å². The summed E-state index contributed by atoms with van der Waals surface area (Å²) in [6, 6.07) is 0.0450. The SMILES string of the molecule is CCC(CC)NC(=O)CS(=O)(=O)CC(C)(C)N. The second-order valence-corrected chi connectivity index (χ2v) is 7.17. The molecule has 0 saturated heterocycles. The molecule has 0 atom stereocenters. The highest BCUT2D eigenvalue weighted by atomic mass is 32.2. The number of nitrogens with one attached hydrogen (secondary N) is 1. The van der Waals surface area contributed by atoms with Crippen LogP contribution in [-0.4, -0.2) is 37.4 Å². The topological polar surface area (TPSA) is 89.3 Å². The molecule has 0 spiro atoms. The van der Waals surface area contributed by atoms with Gasteiger partial charge in [-0.3, -0.25) is 4.79 Å². The fourth-order valence-electron chi connectivity index (χ4n) is 1.58. The molecule has 0 saturated carbocycles. The van der Waals surface area contributed by atoms with Gasteiger partial charge < -0.3 is 11.1 Å². The van der Waals surface area contributed by atoms with E-state index in [0.29, 0.717) is 0 Å². The largest absolute Gasteiger partial charge is 0.353 e. The lowest BCUT2D eigenvalue weighted by molar-refractivity contribution is -0.119. The summed E-state index contributed by atoms with van der Waals surface area (Å²) in [6.07, 6.45) is 1.59. The summed E-state index contributed by atoms with van der Waals surface area (Å²) in [5, 5.41) is 2.70. The zero-order valence-electron chi connectivity index (χ0n) is 11.1. The molecule has 102 valence electrons. The highest BCUT2D eigenvalue weighted by molar-refractivity contribution is 7.92. The molecule has 0 radical (unpaired) electrons. The molecule has 0 aliphatic rings. The minimum absolute atomic E-state index is 0.0450. The van der Waals surface area contributed by atoms with Crippen LogP contribution in [0, 0.1) is 0 Å². The van der Waals surface area contributed by atoms with Crippen molar-refractivity contribution in [2.75, 3.05) is 11.5 Å². The Labute approximate surface area is 104 Å². The first-order valence-corrected chi connectivity index (χ1v) is 7.70. The fourth-order valence-corrected chi connectivity index (χ4v) is 3.30. The smallest absolute Gasteiger partial charge is 0.235 e. The number of hydrogen-bond acceptors (Lipinski definition) is 4. The highest BCUT2D eigenvalue weighted by Gasteiger charge is 2.25. The first-order valence-electron chi connectivity index (χ1n) is 5.88. The van der Waals surface area contributed by atoms with Gasteiger partial charge in [0.05, 0.1) is 5.75 Å². The first kappa shape index (κ1) is 16.4. The quantitative estimate of drug-likeness (QED) is 0.698. The van der Waals surface area contributed by atoms with Gasteiger partial charge in [0, 0.05) is 11.6 Å². The maximum Gasteiger partial charge on any atom is 0.235 e. The molecule has 3 N–H and O–H groups in total. The minimum Gasteiger partial charge on any atom is -0.353 e. The molecule has 1 amide bonds. The monoisotopic (exact) mass is 264 g/mol. The van der Waals surface area contributed by atoms with Gasteiger partial charge in [-0.25, -0.2) is 8.42 Å². The summed E-state index contributed by atoms with van der Waals surface area (Å²) in [4.78, 5) is 11.5. The normalized spacial score (nSPS) is 12.8. The van der Waals surface area contributed by atoms with E-state index in [1.165, 1.54) is 0 Å². The third kappa shape index (κ3) is 8.15. The average molecular weight is 264 g/mol. The van der Waals surface area contributed by atoms with Crippen LogP contribution in [0.4, 0.5) is 0 Å². The number of carbonyl (C=O) groups excluding carboxylic acids is 1. The van der Waals surface area contributed by atoms with Crippen molar-refractivity contribution in [1.29, 1.82) is 0 Å². The molecule has 0 aliphatic carbocycles. The molecule has 0 bridgehead atoms. The maximum atomic E-state index is 11.7. The predicted octanol–water partition coefficient (Wildman–Crippen LogP) is 0.443. The molecule has 17 heavy (non-hydrogen) atoms. The summed E-state index contributed by atoms with van der Waals surface area (Å²) >= 11 is 0. The summed E-state index contributed by atoms with van der Waals surface area (Å²) < 4.78 is 23.3. The van der Waals surface area contributed by atoms with Crippen molar-refractivity contribution in [2.45, 2.75) is 52.1 Å². The number of sulfone groups is 1. The van der Waals surface area contributed by atoms with Crippen molar-refractivity contribution < 1.29 is 13.2 Å². The van der Waals surface area contributed by atoms with E-state index in [1.807, 2.05) is 13.8 Å². The molecule has 6 heteroatoms. The Kier molecular flexibility index (Phi) is 6.12. The number of rotatable bonds is 7. The van der Waals surface area contributed by atoms with Crippen molar-refractivity contribution in [2.24, 2.45) is 5.73 Å². The van der Waals surface area contributed by atoms with Gasteiger partial charge in [-0.05, 0) is 26.7 Å². The number of amides is 1. The van der Waals surface area contributed by atoms with Gasteiger partial charge in [-0.2, -0.15) is 0 Å². The lowest BCUT2D eigenvalue weighted by Gasteiger charge is -2.19. The summed E-state index contributed by atoms with van der Waals surface area (Å²) in [5.41, 5.74) is 4.83. The van der Waals surface area contributed by atoms with Crippen molar-refractivity contribution in [3.05, 3.63) is 0 Å². The van der Waals surface area contributed by atoms with Gasteiger partial charge in [0.2, 0.25) is 5.91 Å². The van der Waals surface area contributed by atoms with E-state index < -0.39 is 27.0 Å².